The van der Waals surface area contributed by atoms with Gasteiger partial charge in [0.1, 0.15) is 0 Å². The number of nitrogens with zero attached hydrogens (tertiary/aromatic N) is 1. The monoisotopic (exact) mass is 253 g/mol. The first-order valence-corrected chi connectivity index (χ1v) is 6.61. The summed E-state index contributed by atoms with van der Waals surface area (Å²) in [4.78, 5) is 11.8. The molecule has 4 nitrogen and oxygen atoms in total. The van der Waals surface area contributed by atoms with Gasteiger partial charge in [-0.1, -0.05) is 36.9 Å². The Morgan fingerprint density at radius 3 is 2.83 bits per heavy atom. The third kappa shape index (κ3) is 3.59. The van der Waals surface area contributed by atoms with Crippen molar-refractivity contribution in [2.75, 3.05) is 7.11 Å². The van der Waals surface area contributed by atoms with Crippen LogP contribution in [-0.2, 0) is 9.53 Å². The maximum Gasteiger partial charge on any atom is 0.313 e. The second-order valence-electron chi connectivity index (χ2n) is 4.94. The summed E-state index contributed by atoms with van der Waals surface area (Å²) in [6, 6.07) is 0. The van der Waals surface area contributed by atoms with E-state index in [9.17, 15) is 4.79 Å². The number of rotatable bonds is 5. The van der Waals surface area contributed by atoms with Crippen molar-refractivity contribution in [3.8, 4) is 0 Å². The third-order valence-corrected chi connectivity index (χ3v) is 3.59. The van der Waals surface area contributed by atoms with Crippen LogP contribution >= 0.6 is 0 Å². The molecule has 0 unspecified atom stereocenters. The Labute approximate surface area is 109 Å². The van der Waals surface area contributed by atoms with Crippen molar-refractivity contribution in [1.29, 1.82) is 0 Å². The van der Waals surface area contributed by atoms with Gasteiger partial charge in [0.15, 0.2) is 0 Å². The third-order valence-electron chi connectivity index (χ3n) is 3.59. The predicted octanol–water partition coefficient (Wildman–Crippen LogP) is 3.15. The van der Waals surface area contributed by atoms with Crippen LogP contribution in [0.5, 0.6) is 0 Å². The highest BCUT2D eigenvalue weighted by Crippen LogP contribution is 2.34. The van der Waals surface area contributed by atoms with Gasteiger partial charge in [-0.2, -0.15) is 0 Å². The fourth-order valence-corrected chi connectivity index (χ4v) is 2.67. The highest BCUT2D eigenvalue weighted by Gasteiger charge is 2.34. The van der Waals surface area contributed by atoms with E-state index in [1.807, 2.05) is 6.92 Å². The first kappa shape index (κ1) is 14.7. The number of methoxy groups -OCH3 is 1. The number of carbonyl (C=O) groups is 1. The minimum atomic E-state index is -0.183. The summed E-state index contributed by atoms with van der Waals surface area (Å²) in [6.45, 7) is 4.06. The van der Waals surface area contributed by atoms with Gasteiger partial charge in [-0.05, 0) is 31.8 Å². The number of unbranched alkanes of at least 4 members (excludes halogenated alkanes) is 2. The molecule has 0 aromatic heterocycles. The maximum atomic E-state index is 11.8. The van der Waals surface area contributed by atoms with E-state index in [-0.39, 0.29) is 17.8 Å². The zero-order chi connectivity index (χ0) is 13.5. The summed E-state index contributed by atoms with van der Waals surface area (Å²) in [7, 11) is 1.42. The number of esters is 1. The molecule has 2 atom stereocenters. The van der Waals surface area contributed by atoms with E-state index >= 15 is 0 Å². The first-order chi connectivity index (χ1) is 8.63. The van der Waals surface area contributed by atoms with Gasteiger partial charge in [0.25, 0.3) is 0 Å². The average molecular weight is 253 g/mol. The molecule has 0 heterocycles. The molecule has 102 valence electrons. The number of ether oxygens (including phenoxy) is 1. The van der Waals surface area contributed by atoms with E-state index in [4.69, 9.17) is 9.94 Å². The molecule has 0 aliphatic heterocycles. The summed E-state index contributed by atoms with van der Waals surface area (Å²) in [5.74, 6) is -0.167. The number of carbonyl (C=O) groups excluding carboxylic acids is 1. The molecule has 0 spiro atoms. The summed E-state index contributed by atoms with van der Waals surface area (Å²) in [5.41, 5.74) is 1.59. The van der Waals surface area contributed by atoms with Gasteiger partial charge in [-0.15, -0.1) is 0 Å². The van der Waals surface area contributed by atoms with Crippen LogP contribution in [0, 0.1) is 11.8 Å². The van der Waals surface area contributed by atoms with E-state index in [0.717, 1.165) is 24.8 Å². The molecule has 1 N–H and O–H groups in total. The molecule has 1 rings (SSSR count). The normalized spacial score (nSPS) is 25.9. The highest BCUT2D eigenvalue weighted by molar-refractivity contribution is 5.98. The molecule has 0 aromatic rings. The lowest BCUT2D eigenvalue weighted by molar-refractivity contribution is -0.145. The quantitative estimate of drug-likeness (QED) is 0.354. The van der Waals surface area contributed by atoms with Crippen molar-refractivity contribution < 1.29 is 14.7 Å². The van der Waals surface area contributed by atoms with Crippen molar-refractivity contribution in [3.63, 3.8) is 0 Å². The Kier molecular flexibility index (Phi) is 5.89. The van der Waals surface area contributed by atoms with E-state index in [2.05, 4.69) is 12.1 Å². The fraction of sp³-hybridized carbons (Fsp3) is 0.714. The summed E-state index contributed by atoms with van der Waals surface area (Å²) >= 11 is 0. The van der Waals surface area contributed by atoms with Gasteiger partial charge in [0.2, 0.25) is 0 Å². The van der Waals surface area contributed by atoms with Crippen LogP contribution in [0.25, 0.3) is 0 Å². The Morgan fingerprint density at radius 2 is 2.28 bits per heavy atom. The predicted molar refractivity (Wildman–Crippen MR) is 70.7 cm³/mol. The summed E-state index contributed by atoms with van der Waals surface area (Å²) in [6.07, 6.45) is 6.83. The van der Waals surface area contributed by atoms with E-state index in [1.165, 1.54) is 13.5 Å². The van der Waals surface area contributed by atoms with Gasteiger partial charge >= 0.3 is 5.97 Å². The molecule has 0 fully saturated rings. The molecule has 0 bridgehead atoms. The van der Waals surface area contributed by atoms with Crippen LogP contribution in [0.2, 0.25) is 0 Å². The smallest absolute Gasteiger partial charge is 0.313 e. The molecule has 1 aliphatic rings. The minimum Gasteiger partial charge on any atom is -0.469 e. The Hall–Kier alpha value is -1.32. The first-order valence-electron chi connectivity index (χ1n) is 6.61. The molecule has 0 saturated heterocycles. The van der Waals surface area contributed by atoms with Crippen molar-refractivity contribution in [2.24, 2.45) is 17.0 Å². The van der Waals surface area contributed by atoms with Crippen LogP contribution in [0.3, 0.4) is 0 Å². The number of hydrogen-bond donors (Lipinski definition) is 1. The molecule has 0 amide bonds. The zero-order valence-corrected chi connectivity index (χ0v) is 11.5. The van der Waals surface area contributed by atoms with Gasteiger partial charge < -0.3 is 9.94 Å². The van der Waals surface area contributed by atoms with Gasteiger partial charge in [-0.3, -0.25) is 4.79 Å². The van der Waals surface area contributed by atoms with Gasteiger partial charge in [0.05, 0.1) is 18.7 Å². The molecule has 0 radical (unpaired) electrons. The standard InChI is InChI=1S/C14H23NO3/c1-4-5-6-7-11-9-12(15-17)8-10(2)13(11)14(16)18-3/h8,11,13,17H,4-7,9H2,1-3H3/b15-12-/t11-,13+/m0/s1. The lowest BCUT2D eigenvalue weighted by atomic mass is 9.75. The number of allylic oxidation sites excluding steroid dienone is 1. The van der Waals surface area contributed by atoms with E-state index in [0.29, 0.717) is 12.1 Å². The fourth-order valence-electron chi connectivity index (χ4n) is 2.67. The molecule has 1 aliphatic carbocycles. The molecule has 0 saturated carbocycles. The topological polar surface area (TPSA) is 58.9 Å². The van der Waals surface area contributed by atoms with E-state index in [1.54, 1.807) is 6.08 Å². The molecule has 4 heteroatoms. The van der Waals surface area contributed by atoms with Crippen LogP contribution in [0.15, 0.2) is 16.8 Å². The average Bonchev–Trinajstić information content (AvgIpc) is 2.37. The van der Waals surface area contributed by atoms with Crippen molar-refractivity contribution in [3.05, 3.63) is 11.6 Å². The van der Waals surface area contributed by atoms with E-state index < -0.39 is 0 Å². The van der Waals surface area contributed by atoms with Crippen LogP contribution < -0.4 is 0 Å². The lowest BCUT2D eigenvalue weighted by Gasteiger charge is -2.29. The maximum absolute atomic E-state index is 11.8. The highest BCUT2D eigenvalue weighted by atomic mass is 16.5. The zero-order valence-electron chi connectivity index (χ0n) is 11.5. The molecule has 0 aromatic carbocycles. The molecular formula is C14H23NO3. The van der Waals surface area contributed by atoms with Crippen molar-refractivity contribution in [1.82, 2.24) is 0 Å². The van der Waals surface area contributed by atoms with Crippen molar-refractivity contribution in [2.45, 2.75) is 46.0 Å². The number of hydrogen-bond acceptors (Lipinski definition) is 4. The van der Waals surface area contributed by atoms with Crippen molar-refractivity contribution >= 4 is 11.7 Å². The largest absolute Gasteiger partial charge is 0.469 e. The van der Waals surface area contributed by atoms with Gasteiger partial charge in [-0.25, -0.2) is 0 Å². The van der Waals surface area contributed by atoms with Crippen LogP contribution in [-0.4, -0.2) is 24.0 Å². The summed E-state index contributed by atoms with van der Waals surface area (Å²) in [5, 5.41) is 12.2. The second kappa shape index (κ2) is 7.19. The van der Waals surface area contributed by atoms with Crippen LogP contribution in [0.4, 0.5) is 0 Å². The molecule has 18 heavy (non-hydrogen) atoms. The Bertz CT molecular complexity index is 347. The van der Waals surface area contributed by atoms with Crippen LogP contribution in [0.1, 0.15) is 46.0 Å². The van der Waals surface area contributed by atoms with Gasteiger partial charge in [0, 0.05) is 0 Å². The Balaban J connectivity index is 2.82. The number of oxime groups is 1. The Morgan fingerprint density at radius 1 is 1.56 bits per heavy atom. The lowest BCUT2D eigenvalue weighted by Crippen LogP contribution is -2.31. The molecular weight excluding hydrogens is 230 g/mol. The SMILES string of the molecule is CCCCC[C@H]1C/C(=N\O)C=C(C)[C@H]1C(=O)OC. The minimum absolute atomic E-state index is 0.178. The summed E-state index contributed by atoms with van der Waals surface area (Å²) < 4.78 is 4.88. The second-order valence-corrected chi connectivity index (χ2v) is 4.94.